The average molecular weight is 272 g/mol. The van der Waals surface area contributed by atoms with Crippen molar-refractivity contribution in [1.29, 1.82) is 0 Å². The third-order valence-electron chi connectivity index (χ3n) is 3.09. The molecule has 102 valence electrons. The van der Waals surface area contributed by atoms with E-state index in [-0.39, 0.29) is 5.82 Å². The minimum absolute atomic E-state index is 0.148. The Morgan fingerprint density at radius 1 is 1.22 bits per heavy atom. The highest BCUT2D eigenvalue weighted by Gasteiger charge is 2.09. The van der Waals surface area contributed by atoms with Gasteiger partial charge in [-0.3, -0.25) is 0 Å². The van der Waals surface area contributed by atoms with Gasteiger partial charge in [-0.1, -0.05) is 31.9 Å². The van der Waals surface area contributed by atoms with E-state index in [4.69, 9.17) is 11.6 Å². The molecule has 18 heavy (non-hydrogen) atoms. The normalized spacial score (nSPS) is 12.7. The first-order valence-corrected chi connectivity index (χ1v) is 7.22. The smallest absolute Gasteiger partial charge is 0.126 e. The monoisotopic (exact) mass is 271 g/mol. The average Bonchev–Trinajstić information content (AvgIpc) is 2.36. The molecule has 0 saturated heterocycles. The summed E-state index contributed by atoms with van der Waals surface area (Å²) < 4.78 is 13.6. The summed E-state index contributed by atoms with van der Waals surface area (Å²) in [6, 6.07) is 5.26. The third kappa shape index (κ3) is 5.36. The Kier molecular flexibility index (Phi) is 7.29. The Morgan fingerprint density at radius 2 is 2.00 bits per heavy atom. The van der Waals surface area contributed by atoms with Crippen molar-refractivity contribution in [3.8, 4) is 0 Å². The Hall–Kier alpha value is -0.600. The summed E-state index contributed by atoms with van der Waals surface area (Å²) in [7, 11) is 0. The lowest BCUT2D eigenvalue weighted by molar-refractivity contribution is 0.445. The summed E-state index contributed by atoms with van der Waals surface area (Å²) in [5.41, 5.74) is 0.724. The minimum atomic E-state index is -0.148. The van der Waals surface area contributed by atoms with Gasteiger partial charge in [0, 0.05) is 11.1 Å². The summed E-state index contributed by atoms with van der Waals surface area (Å²) >= 11 is 5.89. The second kappa shape index (κ2) is 8.49. The Labute approximate surface area is 115 Å². The van der Waals surface area contributed by atoms with Crippen LogP contribution in [0.1, 0.15) is 45.1 Å². The Morgan fingerprint density at radius 3 is 2.67 bits per heavy atom. The van der Waals surface area contributed by atoms with Gasteiger partial charge in [-0.2, -0.15) is 0 Å². The van der Waals surface area contributed by atoms with E-state index in [1.165, 1.54) is 6.07 Å². The van der Waals surface area contributed by atoms with Crippen LogP contribution in [-0.2, 0) is 6.42 Å². The SMILES string of the molecule is CCCNC(CCC)CCc1cc(Cl)ccc1F. The number of aryl methyl sites for hydroxylation is 1. The van der Waals surface area contributed by atoms with E-state index in [2.05, 4.69) is 19.2 Å². The van der Waals surface area contributed by atoms with Crippen molar-refractivity contribution in [2.45, 2.75) is 52.0 Å². The maximum atomic E-state index is 13.6. The van der Waals surface area contributed by atoms with Gasteiger partial charge in [0.05, 0.1) is 0 Å². The van der Waals surface area contributed by atoms with E-state index >= 15 is 0 Å². The lowest BCUT2D eigenvalue weighted by Gasteiger charge is -2.18. The fourth-order valence-corrected chi connectivity index (χ4v) is 2.30. The largest absolute Gasteiger partial charge is 0.314 e. The van der Waals surface area contributed by atoms with Crippen molar-refractivity contribution in [3.05, 3.63) is 34.6 Å². The van der Waals surface area contributed by atoms with Gasteiger partial charge in [0.25, 0.3) is 0 Å². The second-order valence-corrected chi connectivity index (χ2v) is 5.15. The zero-order valence-electron chi connectivity index (χ0n) is 11.3. The molecule has 3 heteroatoms. The van der Waals surface area contributed by atoms with Gasteiger partial charge in [-0.25, -0.2) is 4.39 Å². The van der Waals surface area contributed by atoms with Gasteiger partial charge >= 0.3 is 0 Å². The van der Waals surface area contributed by atoms with Crippen LogP contribution in [0.2, 0.25) is 5.02 Å². The molecule has 0 aliphatic heterocycles. The first-order valence-electron chi connectivity index (χ1n) is 6.84. The van der Waals surface area contributed by atoms with Gasteiger partial charge in [-0.15, -0.1) is 0 Å². The fourth-order valence-electron chi connectivity index (χ4n) is 2.11. The van der Waals surface area contributed by atoms with Gasteiger partial charge in [0.1, 0.15) is 5.82 Å². The van der Waals surface area contributed by atoms with Crippen LogP contribution in [0.5, 0.6) is 0 Å². The van der Waals surface area contributed by atoms with Crippen molar-refractivity contribution in [2.24, 2.45) is 0 Å². The van der Waals surface area contributed by atoms with Crippen LogP contribution in [0, 0.1) is 5.82 Å². The minimum Gasteiger partial charge on any atom is -0.314 e. The molecule has 1 aromatic rings. The van der Waals surface area contributed by atoms with Crippen LogP contribution in [-0.4, -0.2) is 12.6 Å². The van der Waals surface area contributed by atoms with Crippen LogP contribution in [0.4, 0.5) is 4.39 Å². The predicted molar refractivity (Wildman–Crippen MR) is 76.7 cm³/mol. The molecule has 0 spiro atoms. The molecule has 0 heterocycles. The van der Waals surface area contributed by atoms with Crippen molar-refractivity contribution >= 4 is 11.6 Å². The van der Waals surface area contributed by atoms with Crippen LogP contribution in [0.25, 0.3) is 0 Å². The number of nitrogens with one attached hydrogen (secondary N) is 1. The molecular formula is C15H23ClFN. The van der Waals surface area contributed by atoms with Crippen molar-refractivity contribution < 1.29 is 4.39 Å². The number of hydrogen-bond acceptors (Lipinski definition) is 1. The number of hydrogen-bond donors (Lipinski definition) is 1. The third-order valence-corrected chi connectivity index (χ3v) is 3.33. The molecule has 1 rings (SSSR count). The van der Waals surface area contributed by atoms with Crippen molar-refractivity contribution in [3.63, 3.8) is 0 Å². The zero-order chi connectivity index (χ0) is 13.4. The molecule has 1 nitrogen and oxygen atoms in total. The Balaban J connectivity index is 2.52. The first kappa shape index (κ1) is 15.5. The molecule has 1 atom stereocenters. The molecular weight excluding hydrogens is 249 g/mol. The number of halogens is 2. The molecule has 0 aliphatic rings. The molecule has 0 aliphatic carbocycles. The zero-order valence-corrected chi connectivity index (χ0v) is 12.1. The molecule has 0 fully saturated rings. The Bertz CT molecular complexity index is 354. The maximum Gasteiger partial charge on any atom is 0.126 e. The van der Waals surface area contributed by atoms with Gasteiger partial charge in [0.2, 0.25) is 0 Å². The lowest BCUT2D eigenvalue weighted by atomic mass is 10.0. The molecule has 0 bridgehead atoms. The molecule has 1 N–H and O–H groups in total. The molecule has 0 aromatic heterocycles. The molecule has 1 unspecified atom stereocenters. The van der Waals surface area contributed by atoms with E-state index < -0.39 is 0 Å². The van der Waals surface area contributed by atoms with Crippen LogP contribution in [0.15, 0.2) is 18.2 Å². The highest BCUT2D eigenvalue weighted by molar-refractivity contribution is 6.30. The van der Waals surface area contributed by atoms with Gasteiger partial charge in [-0.05, 0) is 56.0 Å². The van der Waals surface area contributed by atoms with E-state index in [9.17, 15) is 4.39 Å². The van der Waals surface area contributed by atoms with Crippen LogP contribution in [0.3, 0.4) is 0 Å². The van der Waals surface area contributed by atoms with E-state index in [1.54, 1.807) is 12.1 Å². The lowest BCUT2D eigenvalue weighted by Crippen LogP contribution is -2.30. The number of benzene rings is 1. The summed E-state index contributed by atoms with van der Waals surface area (Å²) in [4.78, 5) is 0. The summed E-state index contributed by atoms with van der Waals surface area (Å²) in [6.07, 6.45) is 5.13. The highest BCUT2D eigenvalue weighted by Crippen LogP contribution is 2.17. The predicted octanol–water partition coefficient (Wildman–Crippen LogP) is 4.58. The van der Waals surface area contributed by atoms with Crippen LogP contribution < -0.4 is 5.32 Å². The standard InChI is InChI=1S/C15H23ClFN/c1-3-5-14(18-10-4-2)8-6-12-11-13(16)7-9-15(12)17/h7,9,11,14,18H,3-6,8,10H2,1-2H3. The number of rotatable bonds is 8. The van der Waals surface area contributed by atoms with Crippen molar-refractivity contribution in [2.75, 3.05) is 6.54 Å². The second-order valence-electron chi connectivity index (χ2n) is 4.71. The molecule has 0 radical (unpaired) electrons. The summed E-state index contributed by atoms with van der Waals surface area (Å²) in [5.74, 6) is -0.148. The summed E-state index contributed by atoms with van der Waals surface area (Å²) in [6.45, 7) is 5.37. The fraction of sp³-hybridized carbons (Fsp3) is 0.600. The topological polar surface area (TPSA) is 12.0 Å². The van der Waals surface area contributed by atoms with Crippen molar-refractivity contribution in [1.82, 2.24) is 5.32 Å². The first-order chi connectivity index (χ1) is 8.67. The maximum absolute atomic E-state index is 13.6. The quantitative estimate of drug-likeness (QED) is 0.730. The van der Waals surface area contributed by atoms with Crippen LogP contribution >= 0.6 is 11.6 Å². The highest BCUT2D eigenvalue weighted by atomic mass is 35.5. The molecule has 0 amide bonds. The summed E-state index contributed by atoms with van der Waals surface area (Å²) in [5, 5.41) is 4.13. The molecule has 0 saturated carbocycles. The molecule has 1 aromatic carbocycles. The van der Waals surface area contributed by atoms with E-state index in [1.807, 2.05) is 0 Å². The van der Waals surface area contributed by atoms with E-state index in [0.717, 1.165) is 44.2 Å². The van der Waals surface area contributed by atoms with Gasteiger partial charge in [0.15, 0.2) is 0 Å². The van der Waals surface area contributed by atoms with E-state index in [0.29, 0.717) is 11.1 Å². The van der Waals surface area contributed by atoms with Gasteiger partial charge < -0.3 is 5.32 Å².